The second-order valence-electron chi connectivity index (χ2n) is 7.57. The van der Waals surface area contributed by atoms with Crippen molar-refractivity contribution in [2.24, 2.45) is 0 Å². The summed E-state index contributed by atoms with van der Waals surface area (Å²) in [5.41, 5.74) is 1.79. The van der Waals surface area contributed by atoms with Crippen molar-refractivity contribution in [1.82, 2.24) is 4.98 Å². The van der Waals surface area contributed by atoms with Crippen molar-refractivity contribution in [2.45, 2.75) is 64.0 Å². The first kappa shape index (κ1) is 22.2. The van der Waals surface area contributed by atoms with E-state index in [2.05, 4.69) is 11.9 Å². The molecule has 2 N–H and O–H groups in total. The molecule has 2 heterocycles. The molecule has 30 heavy (non-hydrogen) atoms. The third-order valence-electron chi connectivity index (χ3n) is 5.37. The molecule has 1 aliphatic rings. The Balaban J connectivity index is 1.62. The Morgan fingerprint density at radius 1 is 1.33 bits per heavy atom. The standard InChI is InChI=1S/C23H28N2O4S/c1-2-3-4-7-20(26)16-9-11-18(12-10-16)25-17(13-14-22(25)27)6-5-8-21-24-19(15-30-21)23(28)29/h5,8-12,15,17,20,26H,2-4,6-7,13-14H2,1H3,(H,28,29)/t17-,20?/m0/s1. The molecule has 160 valence electrons. The number of carboxylic acids is 1. The highest BCUT2D eigenvalue weighted by Crippen LogP contribution is 2.30. The van der Waals surface area contributed by atoms with Crippen LogP contribution in [0.3, 0.4) is 0 Å². The molecule has 3 rings (SSSR count). The molecular weight excluding hydrogens is 400 g/mol. The third-order valence-corrected chi connectivity index (χ3v) is 6.18. The average molecular weight is 429 g/mol. The minimum Gasteiger partial charge on any atom is -0.476 e. The number of hydrogen-bond donors (Lipinski definition) is 2. The van der Waals surface area contributed by atoms with E-state index in [1.807, 2.05) is 41.3 Å². The molecular formula is C23H28N2O4S. The number of aliphatic hydroxyl groups excluding tert-OH is 1. The van der Waals surface area contributed by atoms with Gasteiger partial charge < -0.3 is 15.1 Å². The lowest BCUT2D eigenvalue weighted by molar-refractivity contribution is -0.117. The zero-order valence-corrected chi connectivity index (χ0v) is 18.0. The Bertz CT molecular complexity index is 891. The molecule has 1 aromatic carbocycles. The van der Waals surface area contributed by atoms with Gasteiger partial charge in [0.25, 0.3) is 0 Å². The third kappa shape index (κ3) is 5.55. The maximum Gasteiger partial charge on any atom is 0.355 e. The Morgan fingerprint density at radius 2 is 2.10 bits per heavy atom. The van der Waals surface area contributed by atoms with E-state index >= 15 is 0 Å². The molecule has 0 aliphatic carbocycles. The lowest BCUT2D eigenvalue weighted by Crippen LogP contribution is -2.32. The summed E-state index contributed by atoms with van der Waals surface area (Å²) in [6.45, 7) is 2.14. The van der Waals surface area contributed by atoms with Gasteiger partial charge in [0, 0.05) is 23.5 Å². The molecule has 2 atom stereocenters. The van der Waals surface area contributed by atoms with Gasteiger partial charge >= 0.3 is 5.97 Å². The van der Waals surface area contributed by atoms with Crippen LogP contribution in [-0.2, 0) is 4.79 Å². The highest BCUT2D eigenvalue weighted by molar-refractivity contribution is 7.10. The van der Waals surface area contributed by atoms with Crippen LogP contribution in [-0.4, -0.2) is 33.1 Å². The summed E-state index contributed by atoms with van der Waals surface area (Å²) in [7, 11) is 0. The minimum atomic E-state index is -1.03. The van der Waals surface area contributed by atoms with Crippen LogP contribution in [0, 0.1) is 0 Å². The number of benzene rings is 1. The van der Waals surface area contributed by atoms with E-state index in [1.165, 1.54) is 16.7 Å². The van der Waals surface area contributed by atoms with Gasteiger partial charge in [0.05, 0.1) is 6.10 Å². The summed E-state index contributed by atoms with van der Waals surface area (Å²) in [6.07, 6.45) is 9.27. The monoisotopic (exact) mass is 428 g/mol. The highest BCUT2D eigenvalue weighted by atomic mass is 32.1. The van der Waals surface area contributed by atoms with E-state index in [1.54, 1.807) is 0 Å². The molecule has 1 unspecified atom stereocenters. The van der Waals surface area contributed by atoms with Gasteiger partial charge in [0.15, 0.2) is 5.69 Å². The lowest BCUT2D eigenvalue weighted by Gasteiger charge is -2.24. The number of aromatic nitrogens is 1. The molecule has 0 saturated carbocycles. The summed E-state index contributed by atoms with van der Waals surface area (Å²) in [4.78, 5) is 29.3. The van der Waals surface area contributed by atoms with Gasteiger partial charge in [-0.1, -0.05) is 44.4 Å². The quantitative estimate of drug-likeness (QED) is 0.517. The summed E-state index contributed by atoms with van der Waals surface area (Å²) >= 11 is 1.29. The molecule has 1 saturated heterocycles. The molecule has 1 amide bonds. The number of amides is 1. The van der Waals surface area contributed by atoms with E-state index in [4.69, 9.17) is 5.11 Å². The fourth-order valence-electron chi connectivity index (χ4n) is 3.72. The first-order chi connectivity index (χ1) is 14.5. The van der Waals surface area contributed by atoms with Crippen LogP contribution in [0.4, 0.5) is 5.69 Å². The normalized spacial score (nSPS) is 17.7. The molecule has 1 fully saturated rings. The number of anilines is 1. The number of carboxylic acid groups (broad SMARTS) is 1. The first-order valence-corrected chi connectivity index (χ1v) is 11.3. The van der Waals surface area contributed by atoms with Crippen molar-refractivity contribution < 1.29 is 19.8 Å². The smallest absolute Gasteiger partial charge is 0.355 e. The zero-order valence-electron chi connectivity index (χ0n) is 17.2. The maximum atomic E-state index is 12.5. The molecule has 2 aromatic rings. The fraction of sp³-hybridized carbons (Fsp3) is 0.435. The lowest BCUT2D eigenvalue weighted by atomic mass is 10.0. The van der Waals surface area contributed by atoms with Gasteiger partial charge in [0.1, 0.15) is 5.01 Å². The second-order valence-corrected chi connectivity index (χ2v) is 8.46. The molecule has 0 spiro atoms. The van der Waals surface area contributed by atoms with E-state index in [0.29, 0.717) is 17.8 Å². The number of carbonyl (C=O) groups is 2. The van der Waals surface area contributed by atoms with Crippen LogP contribution in [0.2, 0.25) is 0 Å². The van der Waals surface area contributed by atoms with E-state index < -0.39 is 12.1 Å². The highest BCUT2D eigenvalue weighted by Gasteiger charge is 2.31. The molecule has 1 aromatic heterocycles. The Hall–Kier alpha value is -2.51. The van der Waals surface area contributed by atoms with Crippen molar-refractivity contribution in [1.29, 1.82) is 0 Å². The Labute approximate surface area is 180 Å². The number of rotatable bonds is 10. The van der Waals surface area contributed by atoms with Crippen LogP contribution in [0.1, 0.15) is 79.0 Å². The van der Waals surface area contributed by atoms with Crippen molar-refractivity contribution >= 4 is 35.0 Å². The molecule has 6 nitrogen and oxygen atoms in total. The van der Waals surface area contributed by atoms with Crippen LogP contribution in [0.15, 0.2) is 35.7 Å². The number of carbonyl (C=O) groups excluding carboxylic acids is 1. The Morgan fingerprint density at radius 3 is 2.77 bits per heavy atom. The minimum absolute atomic E-state index is 0.0503. The predicted molar refractivity (Wildman–Crippen MR) is 119 cm³/mol. The van der Waals surface area contributed by atoms with Crippen LogP contribution in [0.25, 0.3) is 6.08 Å². The summed E-state index contributed by atoms with van der Waals surface area (Å²) in [6, 6.07) is 7.71. The number of aromatic carboxylic acids is 1. The van der Waals surface area contributed by atoms with Crippen molar-refractivity contribution in [3.8, 4) is 0 Å². The predicted octanol–water partition coefficient (Wildman–Crippen LogP) is 5.05. The van der Waals surface area contributed by atoms with Crippen molar-refractivity contribution in [2.75, 3.05) is 4.90 Å². The molecule has 0 radical (unpaired) electrons. The average Bonchev–Trinajstić information content (AvgIpc) is 3.35. The number of hydrogen-bond acceptors (Lipinski definition) is 5. The summed E-state index contributed by atoms with van der Waals surface area (Å²) in [5, 5.41) is 21.5. The van der Waals surface area contributed by atoms with Gasteiger partial charge in [-0.3, -0.25) is 4.79 Å². The van der Waals surface area contributed by atoms with Crippen molar-refractivity contribution in [3.05, 3.63) is 52.0 Å². The number of unbranched alkanes of at least 4 members (excludes halogenated alkanes) is 2. The second kappa shape index (κ2) is 10.5. The van der Waals surface area contributed by atoms with Gasteiger partial charge in [0.2, 0.25) is 5.91 Å². The Kier molecular flexibility index (Phi) is 7.76. The van der Waals surface area contributed by atoms with Crippen molar-refractivity contribution in [3.63, 3.8) is 0 Å². The van der Waals surface area contributed by atoms with Gasteiger partial charge in [-0.05, 0) is 43.0 Å². The molecule has 1 aliphatic heterocycles. The van der Waals surface area contributed by atoms with Crippen LogP contribution >= 0.6 is 11.3 Å². The fourth-order valence-corrected chi connectivity index (χ4v) is 4.43. The summed E-state index contributed by atoms with van der Waals surface area (Å²) < 4.78 is 0. The first-order valence-electron chi connectivity index (χ1n) is 10.4. The van der Waals surface area contributed by atoms with Gasteiger partial charge in [-0.15, -0.1) is 11.3 Å². The SMILES string of the molecule is CCCCCC(O)c1ccc(N2C(=O)CC[C@@H]2CC=Cc2nc(C(=O)O)cs2)cc1. The topological polar surface area (TPSA) is 90.7 Å². The van der Waals surface area contributed by atoms with E-state index in [-0.39, 0.29) is 17.6 Å². The van der Waals surface area contributed by atoms with Gasteiger partial charge in [-0.2, -0.15) is 0 Å². The maximum absolute atomic E-state index is 12.5. The zero-order chi connectivity index (χ0) is 21.5. The summed E-state index contributed by atoms with van der Waals surface area (Å²) in [5.74, 6) is -0.926. The molecule has 0 bridgehead atoms. The number of thiazole rings is 1. The number of aliphatic hydroxyl groups is 1. The van der Waals surface area contributed by atoms with Gasteiger partial charge in [-0.25, -0.2) is 9.78 Å². The number of nitrogens with zero attached hydrogens (tertiary/aromatic N) is 2. The molecule has 7 heteroatoms. The van der Waals surface area contributed by atoms with E-state index in [9.17, 15) is 14.7 Å². The largest absolute Gasteiger partial charge is 0.476 e. The van der Waals surface area contributed by atoms with E-state index in [0.717, 1.165) is 43.4 Å². The van der Waals surface area contributed by atoms with Crippen LogP contribution < -0.4 is 4.90 Å². The van der Waals surface area contributed by atoms with Crippen LogP contribution in [0.5, 0.6) is 0 Å².